The lowest BCUT2D eigenvalue weighted by Crippen LogP contribution is -2.12. The Labute approximate surface area is 72.2 Å². The number of hydrogen-bond donors (Lipinski definition) is 1. The fourth-order valence-corrected chi connectivity index (χ4v) is 1.49. The van der Waals surface area contributed by atoms with Gasteiger partial charge in [-0.3, -0.25) is 0 Å². The van der Waals surface area contributed by atoms with Gasteiger partial charge in [0.15, 0.2) is 0 Å². The molecule has 2 N–H and O–H groups in total. The van der Waals surface area contributed by atoms with Crippen molar-refractivity contribution in [3.05, 3.63) is 54.1 Å². The van der Waals surface area contributed by atoms with Crippen molar-refractivity contribution in [1.82, 2.24) is 0 Å². The van der Waals surface area contributed by atoms with Gasteiger partial charge in [0.1, 0.15) is 0 Å². The zero-order valence-corrected chi connectivity index (χ0v) is 6.83. The summed E-state index contributed by atoms with van der Waals surface area (Å²) >= 11 is 0. The van der Waals surface area contributed by atoms with E-state index in [0.29, 0.717) is 0 Å². The van der Waals surface area contributed by atoms with Gasteiger partial charge in [-0.2, -0.15) is 0 Å². The molecule has 0 aliphatic heterocycles. The highest BCUT2D eigenvalue weighted by Gasteiger charge is 2.12. The third-order valence-corrected chi connectivity index (χ3v) is 2.17. The minimum Gasteiger partial charge on any atom is -0.321 e. The van der Waals surface area contributed by atoms with Crippen LogP contribution >= 0.6 is 0 Å². The number of benzene rings is 1. The van der Waals surface area contributed by atoms with Gasteiger partial charge in [-0.05, 0) is 16.7 Å². The van der Waals surface area contributed by atoms with Gasteiger partial charge < -0.3 is 5.73 Å². The second-order valence-electron chi connectivity index (χ2n) is 3.00. The predicted molar refractivity (Wildman–Crippen MR) is 51.5 cm³/mol. The van der Waals surface area contributed by atoms with E-state index in [9.17, 15) is 0 Å². The molecule has 0 radical (unpaired) electrons. The molecule has 1 aromatic rings. The van der Waals surface area contributed by atoms with Crippen LogP contribution in [-0.2, 0) is 0 Å². The molecule has 0 saturated heterocycles. The van der Waals surface area contributed by atoms with Crippen molar-refractivity contribution in [2.75, 3.05) is 0 Å². The van der Waals surface area contributed by atoms with Crippen molar-refractivity contribution in [2.24, 2.45) is 5.73 Å². The first-order chi connectivity index (χ1) is 5.79. The van der Waals surface area contributed by atoms with Crippen LogP contribution < -0.4 is 5.73 Å². The second-order valence-corrected chi connectivity index (χ2v) is 3.00. The predicted octanol–water partition coefficient (Wildman–Crippen LogP) is 2.27. The smallest absolute Gasteiger partial charge is 0.0490 e. The maximum Gasteiger partial charge on any atom is 0.0490 e. The van der Waals surface area contributed by atoms with Gasteiger partial charge in [-0.25, -0.2) is 0 Å². The molecule has 0 heterocycles. The third-order valence-electron chi connectivity index (χ3n) is 2.17. The van der Waals surface area contributed by atoms with E-state index >= 15 is 0 Å². The van der Waals surface area contributed by atoms with Crippen LogP contribution in [0, 0.1) is 0 Å². The molecule has 1 nitrogen and oxygen atoms in total. The molecule has 1 unspecified atom stereocenters. The van der Waals surface area contributed by atoms with Crippen molar-refractivity contribution in [3.8, 4) is 0 Å². The summed E-state index contributed by atoms with van der Waals surface area (Å²) in [6, 6.07) is 8.16. The van der Waals surface area contributed by atoms with Crippen molar-refractivity contribution in [3.63, 3.8) is 0 Å². The molecular weight excluding hydrogens is 146 g/mol. The first kappa shape index (κ1) is 7.32. The summed E-state index contributed by atoms with van der Waals surface area (Å²) in [5, 5.41) is 0. The molecule has 0 bridgehead atoms. The van der Waals surface area contributed by atoms with Crippen molar-refractivity contribution < 1.29 is 0 Å². The normalized spacial score (nSPS) is 20.8. The Morgan fingerprint density at radius 1 is 1.25 bits per heavy atom. The van der Waals surface area contributed by atoms with E-state index in [1.54, 1.807) is 0 Å². The zero-order valence-electron chi connectivity index (χ0n) is 6.83. The van der Waals surface area contributed by atoms with E-state index in [0.717, 1.165) is 5.57 Å². The standard InChI is InChI=1S/C11H11N/c1-8-6-7-11(12)10-5-3-2-4-9(8)10/h2-7,11H,1,12H2. The van der Waals surface area contributed by atoms with Gasteiger partial charge in [-0.1, -0.05) is 43.0 Å². The van der Waals surface area contributed by atoms with Crippen molar-refractivity contribution in [2.45, 2.75) is 6.04 Å². The number of nitrogens with two attached hydrogens (primary N) is 1. The highest BCUT2D eigenvalue weighted by atomic mass is 14.6. The molecule has 1 aliphatic carbocycles. The Bertz CT molecular complexity index is 350. The quantitative estimate of drug-likeness (QED) is 0.614. The summed E-state index contributed by atoms with van der Waals surface area (Å²) in [6.07, 6.45) is 3.96. The van der Waals surface area contributed by atoms with Crippen LogP contribution in [0.25, 0.3) is 5.57 Å². The molecule has 1 heteroatoms. The van der Waals surface area contributed by atoms with Crippen LogP contribution in [0.15, 0.2) is 43.0 Å². The lowest BCUT2D eigenvalue weighted by Gasteiger charge is -2.18. The van der Waals surface area contributed by atoms with Crippen LogP contribution in [0.3, 0.4) is 0 Å². The van der Waals surface area contributed by atoms with E-state index in [4.69, 9.17) is 5.73 Å². The van der Waals surface area contributed by atoms with Gasteiger partial charge >= 0.3 is 0 Å². The lowest BCUT2D eigenvalue weighted by molar-refractivity contribution is 0.899. The van der Waals surface area contributed by atoms with Crippen LogP contribution in [-0.4, -0.2) is 0 Å². The van der Waals surface area contributed by atoms with Gasteiger partial charge in [0.05, 0.1) is 0 Å². The highest BCUT2D eigenvalue weighted by Crippen LogP contribution is 2.28. The Balaban J connectivity index is 2.61. The van der Waals surface area contributed by atoms with Crippen molar-refractivity contribution in [1.29, 1.82) is 0 Å². The minimum atomic E-state index is 0.0340. The van der Waals surface area contributed by atoms with Gasteiger partial charge in [0, 0.05) is 6.04 Å². The fraction of sp³-hybridized carbons (Fsp3) is 0.0909. The maximum atomic E-state index is 5.88. The van der Waals surface area contributed by atoms with E-state index < -0.39 is 0 Å². The van der Waals surface area contributed by atoms with Gasteiger partial charge in [-0.15, -0.1) is 0 Å². The first-order valence-electron chi connectivity index (χ1n) is 4.01. The van der Waals surface area contributed by atoms with Gasteiger partial charge in [0.2, 0.25) is 0 Å². The molecule has 0 aromatic heterocycles. The number of allylic oxidation sites excluding steroid dienone is 2. The lowest BCUT2D eigenvalue weighted by atomic mass is 9.91. The Hall–Kier alpha value is -1.34. The monoisotopic (exact) mass is 157 g/mol. The van der Waals surface area contributed by atoms with Crippen molar-refractivity contribution >= 4 is 5.57 Å². The zero-order chi connectivity index (χ0) is 8.55. The Kier molecular flexibility index (Phi) is 1.59. The summed E-state index contributed by atoms with van der Waals surface area (Å²) in [7, 11) is 0. The molecular formula is C11H11N. The average molecular weight is 157 g/mol. The fourth-order valence-electron chi connectivity index (χ4n) is 1.49. The Morgan fingerprint density at radius 2 is 2.00 bits per heavy atom. The molecule has 12 heavy (non-hydrogen) atoms. The van der Waals surface area contributed by atoms with Crippen LogP contribution in [0.5, 0.6) is 0 Å². The number of rotatable bonds is 0. The molecule has 0 spiro atoms. The molecule has 2 rings (SSSR count). The summed E-state index contributed by atoms with van der Waals surface area (Å²) in [5.41, 5.74) is 9.27. The van der Waals surface area contributed by atoms with E-state index in [1.807, 2.05) is 24.3 Å². The maximum absolute atomic E-state index is 5.88. The molecule has 1 atom stereocenters. The minimum absolute atomic E-state index is 0.0340. The van der Waals surface area contributed by atoms with Crippen LogP contribution in [0.4, 0.5) is 0 Å². The molecule has 0 amide bonds. The topological polar surface area (TPSA) is 26.0 Å². The SMILES string of the molecule is C=C1C=CC(N)c2ccccc21. The molecule has 60 valence electrons. The molecule has 0 saturated carbocycles. The second kappa shape index (κ2) is 2.61. The largest absolute Gasteiger partial charge is 0.321 e. The molecule has 1 aromatic carbocycles. The molecule has 0 fully saturated rings. The summed E-state index contributed by atoms with van der Waals surface area (Å²) < 4.78 is 0. The summed E-state index contributed by atoms with van der Waals surface area (Å²) in [4.78, 5) is 0. The number of fused-ring (bicyclic) bond motifs is 1. The number of hydrogen-bond acceptors (Lipinski definition) is 1. The van der Waals surface area contributed by atoms with E-state index in [2.05, 4.69) is 18.7 Å². The van der Waals surface area contributed by atoms with Gasteiger partial charge in [0.25, 0.3) is 0 Å². The van der Waals surface area contributed by atoms with E-state index in [1.165, 1.54) is 11.1 Å². The average Bonchev–Trinajstić information content (AvgIpc) is 2.12. The molecule has 1 aliphatic rings. The summed E-state index contributed by atoms with van der Waals surface area (Å²) in [5.74, 6) is 0. The first-order valence-corrected chi connectivity index (χ1v) is 4.01. The highest BCUT2D eigenvalue weighted by molar-refractivity contribution is 5.77. The van der Waals surface area contributed by atoms with Crippen LogP contribution in [0.2, 0.25) is 0 Å². The third kappa shape index (κ3) is 0.990. The van der Waals surface area contributed by atoms with Crippen LogP contribution in [0.1, 0.15) is 17.2 Å². The summed E-state index contributed by atoms with van der Waals surface area (Å²) in [6.45, 7) is 3.95. The van der Waals surface area contributed by atoms with E-state index in [-0.39, 0.29) is 6.04 Å². The Morgan fingerprint density at radius 3 is 2.75 bits per heavy atom.